The lowest BCUT2D eigenvalue weighted by atomic mass is 9.94. The summed E-state index contributed by atoms with van der Waals surface area (Å²) < 4.78 is 50.7. The van der Waals surface area contributed by atoms with Crippen molar-refractivity contribution < 1.29 is 32.3 Å². The second-order valence-corrected chi connectivity index (χ2v) is 5.06. The highest BCUT2D eigenvalue weighted by molar-refractivity contribution is 5.94. The monoisotopic (exact) mass is 307 g/mol. The fourth-order valence-electron chi connectivity index (χ4n) is 1.36. The topological polar surface area (TPSA) is 66.4 Å². The SMILES string of the molecule is CC(C)(CNC(=O)c1ccc(F)c(C(F)(F)F)c1)C(=O)O. The fraction of sp³-hybridized carbons (Fsp3) is 0.385. The summed E-state index contributed by atoms with van der Waals surface area (Å²) in [6.45, 7) is 2.42. The summed E-state index contributed by atoms with van der Waals surface area (Å²) in [4.78, 5) is 22.6. The molecule has 0 radical (unpaired) electrons. The van der Waals surface area contributed by atoms with Crippen molar-refractivity contribution >= 4 is 11.9 Å². The number of amides is 1. The summed E-state index contributed by atoms with van der Waals surface area (Å²) in [7, 11) is 0. The number of carboxylic acids is 1. The molecule has 0 fully saturated rings. The van der Waals surface area contributed by atoms with Gasteiger partial charge in [0.05, 0.1) is 11.0 Å². The first-order chi connectivity index (χ1) is 9.45. The molecule has 1 rings (SSSR count). The average Bonchev–Trinajstić information content (AvgIpc) is 2.35. The van der Waals surface area contributed by atoms with E-state index in [0.717, 1.165) is 6.07 Å². The van der Waals surface area contributed by atoms with E-state index < -0.39 is 40.4 Å². The maximum atomic E-state index is 13.1. The molecule has 0 saturated heterocycles. The van der Waals surface area contributed by atoms with Gasteiger partial charge in [-0.25, -0.2) is 4.39 Å². The Hall–Kier alpha value is -2.12. The van der Waals surface area contributed by atoms with Crippen LogP contribution in [-0.2, 0) is 11.0 Å². The van der Waals surface area contributed by atoms with Gasteiger partial charge in [-0.1, -0.05) is 0 Å². The van der Waals surface area contributed by atoms with Crippen LogP contribution in [0.15, 0.2) is 18.2 Å². The van der Waals surface area contributed by atoms with E-state index in [2.05, 4.69) is 5.32 Å². The molecule has 116 valence electrons. The van der Waals surface area contributed by atoms with Gasteiger partial charge in [0.25, 0.3) is 5.91 Å². The van der Waals surface area contributed by atoms with Gasteiger partial charge in [-0.3, -0.25) is 9.59 Å². The predicted octanol–water partition coefficient (Wildman–Crippen LogP) is 2.69. The first kappa shape index (κ1) is 16.9. The van der Waals surface area contributed by atoms with Crippen LogP contribution in [0.3, 0.4) is 0 Å². The molecule has 0 aromatic heterocycles. The van der Waals surface area contributed by atoms with Gasteiger partial charge in [0, 0.05) is 12.1 Å². The van der Waals surface area contributed by atoms with Gasteiger partial charge < -0.3 is 10.4 Å². The molecule has 0 atom stereocenters. The third-order valence-electron chi connectivity index (χ3n) is 2.80. The van der Waals surface area contributed by atoms with E-state index in [1.807, 2.05) is 0 Å². The molecule has 0 bridgehead atoms. The number of carbonyl (C=O) groups excluding carboxylic acids is 1. The van der Waals surface area contributed by atoms with Gasteiger partial charge in [-0.15, -0.1) is 0 Å². The van der Waals surface area contributed by atoms with E-state index in [1.165, 1.54) is 13.8 Å². The molecular formula is C13H13F4NO3. The van der Waals surface area contributed by atoms with E-state index in [9.17, 15) is 27.2 Å². The van der Waals surface area contributed by atoms with Crippen molar-refractivity contribution in [3.8, 4) is 0 Å². The minimum atomic E-state index is -4.92. The molecule has 0 aliphatic heterocycles. The van der Waals surface area contributed by atoms with Crippen molar-refractivity contribution in [2.24, 2.45) is 5.41 Å². The van der Waals surface area contributed by atoms with Gasteiger partial charge in [0.15, 0.2) is 0 Å². The number of hydrogen-bond donors (Lipinski definition) is 2. The number of carboxylic acid groups (broad SMARTS) is 1. The molecule has 0 saturated carbocycles. The van der Waals surface area contributed by atoms with Crippen molar-refractivity contribution in [1.82, 2.24) is 5.32 Å². The Morgan fingerprint density at radius 3 is 2.29 bits per heavy atom. The highest BCUT2D eigenvalue weighted by Gasteiger charge is 2.35. The molecule has 0 aliphatic carbocycles. The minimum Gasteiger partial charge on any atom is -0.481 e. The Morgan fingerprint density at radius 1 is 1.24 bits per heavy atom. The lowest BCUT2D eigenvalue weighted by Crippen LogP contribution is -2.39. The molecule has 2 N–H and O–H groups in total. The number of carbonyl (C=O) groups is 2. The lowest BCUT2D eigenvalue weighted by Gasteiger charge is -2.19. The molecule has 0 unspecified atom stereocenters. The van der Waals surface area contributed by atoms with Crippen LogP contribution in [0.25, 0.3) is 0 Å². The highest BCUT2D eigenvalue weighted by atomic mass is 19.4. The van der Waals surface area contributed by atoms with Crippen LogP contribution in [0.1, 0.15) is 29.8 Å². The smallest absolute Gasteiger partial charge is 0.419 e. The Kier molecular flexibility index (Phi) is 4.60. The Balaban J connectivity index is 2.92. The zero-order valence-corrected chi connectivity index (χ0v) is 11.2. The average molecular weight is 307 g/mol. The summed E-state index contributed by atoms with van der Waals surface area (Å²) in [5.41, 5.74) is -3.22. The number of nitrogens with one attached hydrogen (secondary N) is 1. The van der Waals surface area contributed by atoms with Gasteiger partial charge in [0.1, 0.15) is 5.82 Å². The molecule has 4 nitrogen and oxygen atoms in total. The summed E-state index contributed by atoms with van der Waals surface area (Å²) >= 11 is 0. The Morgan fingerprint density at radius 2 is 1.81 bits per heavy atom. The molecular weight excluding hydrogens is 294 g/mol. The third-order valence-corrected chi connectivity index (χ3v) is 2.80. The molecule has 1 amide bonds. The van der Waals surface area contributed by atoms with Gasteiger partial charge >= 0.3 is 12.1 Å². The van der Waals surface area contributed by atoms with E-state index in [4.69, 9.17) is 5.11 Å². The molecule has 1 aromatic rings. The first-order valence-corrected chi connectivity index (χ1v) is 5.83. The van der Waals surface area contributed by atoms with Crippen molar-refractivity contribution in [1.29, 1.82) is 0 Å². The highest BCUT2D eigenvalue weighted by Crippen LogP contribution is 2.31. The van der Waals surface area contributed by atoms with Crippen LogP contribution in [0.5, 0.6) is 0 Å². The second-order valence-electron chi connectivity index (χ2n) is 5.06. The lowest BCUT2D eigenvalue weighted by molar-refractivity contribution is -0.146. The van der Waals surface area contributed by atoms with Gasteiger partial charge in [-0.05, 0) is 32.0 Å². The minimum absolute atomic E-state index is 0.278. The molecule has 8 heteroatoms. The quantitative estimate of drug-likeness (QED) is 0.841. The number of rotatable bonds is 4. The van der Waals surface area contributed by atoms with E-state index in [1.54, 1.807) is 0 Å². The normalized spacial score (nSPS) is 12.1. The molecule has 0 heterocycles. The van der Waals surface area contributed by atoms with Crippen LogP contribution < -0.4 is 5.32 Å². The second kappa shape index (κ2) is 5.71. The predicted molar refractivity (Wildman–Crippen MR) is 65.2 cm³/mol. The Labute approximate surface area is 117 Å². The van der Waals surface area contributed by atoms with Crippen LogP contribution in [0.2, 0.25) is 0 Å². The zero-order valence-electron chi connectivity index (χ0n) is 11.2. The van der Waals surface area contributed by atoms with Crippen molar-refractivity contribution in [3.05, 3.63) is 35.1 Å². The maximum absolute atomic E-state index is 13.1. The number of benzene rings is 1. The van der Waals surface area contributed by atoms with Crippen molar-refractivity contribution in [3.63, 3.8) is 0 Å². The number of alkyl halides is 3. The van der Waals surface area contributed by atoms with Crippen LogP contribution in [0.4, 0.5) is 17.6 Å². The molecule has 0 aliphatic rings. The number of hydrogen-bond acceptors (Lipinski definition) is 2. The molecule has 21 heavy (non-hydrogen) atoms. The largest absolute Gasteiger partial charge is 0.481 e. The standard InChI is InChI=1S/C13H13F4NO3/c1-12(2,11(20)21)6-18-10(19)7-3-4-9(14)8(5-7)13(15,16)17/h3-5H,6H2,1-2H3,(H,18,19)(H,20,21). The zero-order chi connectivity index (χ0) is 16.4. The summed E-state index contributed by atoms with van der Waals surface area (Å²) in [6.07, 6.45) is -4.92. The van der Waals surface area contributed by atoms with Crippen LogP contribution in [-0.4, -0.2) is 23.5 Å². The van der Waals surface area contributed by atoms with Gasteiger partial charge in [0.2, 0.25) is 0 Å². The van der Waals surface area contributed by atoms with E-state index >= 15 is 0 Å². The molecule has 0 spiro atoms. The fourth-order valence-corrected chi connectivity index (χ4v) is 1.36. The third kappa shape index (κ3) is 4.17. The molecule has 1 aromatic carbocycles. The number of halogens is 4. The summed E-state index contributed by atoms with van der Waals surface area (Å²) in [5, 5.41) is 11.1. The maximum Gasteiger partial charge on any atom is 0.419 e. The van der Waals surface area contributed by atoms with Crippen LogP contribution >= 0.6 is 0 Å². The first-order valence-electron chi connectivity index (χ1n) is 5.83. The summed E-state index contributed by atoms with van der Waals surface area (Å²) in [5.74, 6) is -3.56. The van der Waals surface area contributed by atoms with E-state index in [0.29, 0.717) is 12.1 Å². The van der Waals surface area contributed by atoms with E-state index in [-0.39, 0.29) is 6.54 Å². The summed E-state index contributed by atoms with van der Waals surface area (Å²) in [6, 6.07) is 1.83. The van der Waals surface area contributed by atoms with Crippen molar-refractivity contribution in [2.45, 2.75) is 20.0 Å². The van der Waals surface area contributed by atoms with Crippen LogP contribution in [0, 0.1) is 11.2 Å². The van der Waals surface area contributed by atoms with Gasteiger partial charge in [-0.2, -0.15) is 13.2 Å². The Bertz CT molecular complexity index is 567. The number of aliphatic carboxylic acids is 1. The van der Waals surface area contributed by atoms with Crippen molar-refractivity contribution in [2.75, 3.05) is 6.54 Å².